The molecule has 3 nitrogen and oxygen atoms in total. The summed E-state index contributed by atoms with van der Waals surface area (Å²) in [5.74, 6) is -0.284. The van der Waals surface area contributed by atoms with Gasteiger partial charge in [0.25, 0.3) is 5.91 Å². The van der Waals surface area contributed by atoms with Gasteiger partial charge in [-0.05, 0) is 42.0 Å². The quantitative estimate of drug-likeness (QED) is 0.625. The van der Waals surface area contributed by atoms with Crippen LogP contribution in [0.5, 0.6) is 0 Å². The van der Waals surface area contributed by atoms with Gasteiger partial charge in [0.05, 0.1) is 16.3 Å². The van der Waals surface area contributed by atoms with E-state index in [1.165, 1.54) is 6.21 Å². The fourth-order valence-electron chi connectivity index (χ4n) is 1.42. The first-order valence-corrected chi connectivity index (χ1v) is 7.15. The summed E-state index contributed by atoms with van der Waals surface area (Å²) in [7, 11) is 0. The number of hydrogen-bond donors (Lipinski definition) is 1. The number of nitrogens with one attached hydrogen (secondary N) is 1. The number of rotatable bonds is 3. The zero-order valence-electron chi connectivity index (χ0n) is 10.1. The average molecular weight is 372 g/mol. The van der Waals surface area contributed by atoms with E-state index in [0.29, 0.717) is 15.6 Å². The second-order valence-electron chi connectivity index (χ2n) is 3.88. The summed E-state index contributed by atoms with van der Waals surface area (Å²) in [4.78, 5) is 11.8. The van der Waals surface area contributed by atoms with Crippen LogP contribution in [-0.2, 0) is 0 Å². The molecular formula is C14H9BrCl2N2O. The molecule has 0 saturated heterocycles. The maximum atomic E-state index is 11.8. The van der Waals surface area contributed by atoms with E-state index >= 15 is 0 Å². The number of carbonyl (C=O) groups excluding carboxylic acids is 1. The average Bonchev–Trinajstić information content (AvgIpc) is 2.43. The Balaban J connectivity index is 2.00. The minimum absolute atomic E-state index is 0.284. The molecule has 2 rings (SSSR count). The lowest BCUT2D eigenvalue weighted by Crippen LogP contribution is -2.17. The van der Waals surface area contributed by atoms with Crippen molar-refractivity contribution in [2.45, 2.75) is 0 Å². The van der Waals surface area contributed by atoms with Crippen molar-refractivity contribution in [1.29, 1.82) is 0 Å². The van der Waals surface area contributed by atoms with Crippen LogP contribution in [0.1, 0.15) is 15.9 Å². The van der Waals surface area contributed by atoms with Crippen LogP contribution in [0, 0.1) is 0 Å². The molecule has 2 aromatic carbocycles. The van der Waals surface area contributed by atoms with Gasteiger partial charge in [-0.25, -0.2) is 5.43 Å². The molecule has 2 aromatic rings. The maximum absolute atomic E-state index is 11.8. The van der Waals surface area contributed by atoms with E-state index < -0.39 is 0 Å². The Morgan fingerprint density at radius 3 is 2.45 bits per heavy atom. The van der Waals surface area contributed by atoms with Gasteiger partial charge < -0.3 is 0 Å². The van der Waals surface area contributed by atoms with Gasteiger partial charge in [0, 0.05) is 10.0 Å². The molecule has 0 radical (unpaired) electrons. The van der Waals surface area contributed by atoms with Crippen molar-refractivity contribution >= 4 is 51.3 Å². The molecule has 0 heterocycles. The molecule has 20 heavy (non-hydrogen) atoms. The van der Waals surface area contributed by atoms with E-state index in [0.717, 1.165) is 10.0 Å². The smallest absolute Gasteiger partial charge is 0.267 e. The maximum Gasteiger partial charge on any atom is 0.271 e. The highest BCUT2D eigenvalue weighted by atomic mass is 79.9. The molecule has 6 heteroatoms. The van der Waals surface area contributed by atoms with Crippen LogP contribution in [0.4, 0.5) is 0 Å². The van der Waals surface area contributed by atoms with E-state index in [9.17, 15) is 4.79 Å². The summed E-state index contributed by atoms with van der Waals surface area (Å²) >= 11 is 15.0. The van der Waals surface area contributed by atoms with E-state index in [1.807, 2.05) is 0 Å². The zero-order chi connectivity index (χ0) is 14.5. The molecule has 0 atom stereocenters. The predicted octanol–water partition coefficient (Wildman–Crippen LogP) is 4.52. The molecular weight excluding hydrogens is 363 g/mol. The number of carbonyl (C=O) groups is 1. The van der Waals surface area contributed by atoms with Crippen molar-refractivity contribution in [2.24, 2.45) is 5.10 Å². The van der Waals surface area contributed by atoms with E-state index in [-0.39, 0.29) is 5.91 Å². The minimum Gasteiger partial charge on any atom is -0.267 e. The van der Waals surface area contributed by atoms with Crippen LogP contribution in [0.2, 0.25) is 10.0 Å². The van der Waals surface area contributed by atoms with Crippen molar-refractivity contribution < 1.29 is 4.79 Å². The fraction of sp³-hybridized carbons (Fsp3) is 0. The first-order chi connectivity index (χ1) is 9.56. The molecule has 1 amide bonds. The third-order valence-electron chi connectivity index (χ3n) is 2.43. The molecule has 0 saturated carbocycles. The monoisotopic (exact) mass is 370 g/mol. The number of hydrogen-bond acceptors (Lipinski definition) is 2. The van der Waals surface area contributed by atoms with Crippen molar-refractivity contribution in [2.75, 3.05) is 0 Å². The van der Waals surface area contributed by atoms with Crippen LogP contribution >= 0.6 is 39.1 Å². The predicted molar refractivity (Wildman–Crippen MR) is 85.7 cm³/mol. The molecule has 1 N–H and O–H groups in total. The summed E-state index contributed by atoms with van der Waals surface area (Å²) in [5, 5.41) is 4.79. The van der Waals surface area contributed by atoms with Crippen LogP contribution in [0.25, 0.3) is 0 Å². The molecule has 0 spiro atoms. The van der Waals surface area contributed by atoms with E-state index in [4.69, 9.17) is 23.2 Å². The Bertz CT molecular complexity index is 657. The molecule has 0 unspecified atom stereocenters. The zero-order valence-corrected chi connectivity index (χ0v) is 13.2. The topological polar surface area (TPSA) is 41.5 Å². The van der Waals surface area contributed by atoms with Crippen molar-refractivity contribution in [3.63, 3.8) is 0 Å². The van der Waals surface area contributed by atoms with Gasteiger partial charge in [-0.2, -0.15) is 5.10 Å². The second kappa shape index (κ2) is 6.88. The number of nitrogens with zero attached hydrogens (tertiary/aromatic N) is 1. The largest absolute Gasteiger partial charge is 0.271 e. The van der Waals surface area contributed by atoms with E-state index in [2.05, 4.69) is 26.5 Å². The Hall–Kier alpha value is -1.36. The number of benzene rings is 2. The Morgan fingerprint density at radius 2 is 1.80 bits per heavy atom. The lowest BCUT2D eigenvalue weighted by atomic mass is 10.2. The minimum atomic E-state index is -0.284. The van der Waals surface area contributed by atoms with Gasteiger partial charge in [-0.15, -0.1) is 0 Å². The summed E-state index contributed by atoms with van der Waals surface area (Å²) in [6, 6.07) is 12.1. The first-order valence-electron chi connectivity index (χ1n) is 5.60. The SMILES string of the molecule is O=C(N/N=C/c1ccc(Cl)c(Cl)c1)c1ccc(Br)cc1. The summed E-state index contributed by atoms with van der Waals surface area (Å²) < 4.78 is 0.911. The van der Waals surface area contributed by atoms with Crippen LogP contribution in [0.3, 0.4) is 0 Å². The van der Waals surface area contributed by atoms with Gasteiger partial charge in [0.2, 0.25) is 0 Å². The highest BCUT2D eigenvalue weighted by molar-refractivity contribution is 9.10. The van der Waals surface area contributed by atoms with Crippen LogP contribution in [0.15, 0.2) is 52.0 Å². The number of hydrazone groups is 1. The number of halogens is 3. The molecule has 0 aliphatic rings. The molecule has 0 aliphatic carbocycles. The molecule has 0 bridgehead atoms. The van der Waals surface area contributed by atoms with Gasteiger partial charge in [0.15, 0.2) is 0 Å². The van der Waals surface area contributed by atoms with Crippen molar-refractivity contribution in [3.8, 4) is 0 Å². The van der Waals surface area contributed by atoms with E-state index in [1.54, 1.807) is 42.5 Å². The Labute approximate surface area is 134 Å². The summed E-state index contributed by atoms with van der Waals surface area (Å²) in [5.41, 5.74) is 3.71. The standard InChI is InChI=1S/C14H9BrCl2N2O/c15-11-4-2-10(3-5-11)14(20)19-18-8-9-1-6-12(16)13(17)7-9/h1-8H,(H,19,20)/b18-8+. The van der Waals surface area contributed by atoms with Gasteiger partial charge in [-0.1, -0.05) is 45.2 Å². The highest BCUT2D eigenvalue weighted by Crippen LogP contribution is 2.21. The lowest BCUT2D eigenvalue weighted by Gasteiger charge is -2.00. The molecule has 0 aromatic heterocycles. The highest BCUT2D eigenvalue weighted by Gasteiger charge is 2.03. The van der Waals surface area contributed by atoms with Crippen LogP contribution < -0.4 is 5.43 Å². The molecule has 0 aliphatic heterocycles. The van der Waals surface area contributed by atoms with Gasteiger partial charge in [0.1, 0.15) is 0 Å². The summed E-state index contributed by atoms with van der Waals surface area (Å²) in [6.45, 7) is 0. The third kappa shape index (κ3) is 4.07. The molecule has 102 valence electrons. The lowest BCUT2D eigenvalue weighted by molar-refractivity contribution is 0.0955. The molecule has 0 fully saturated rings. The first kappa shape index (κ1) is 15.0. The number of amides is 1. The van der Waals surface area contributed by atoms with Gasteiger partial charge >= 0.3 is 0 Å². The van der Waals surface area contributed by atoms with Crippen molar-refractivity contribution in [3.05, 3.63) is 68.1 Å². The normalized spacial score (nSPS) is 10.8. The Kier molecular flexibility index (Phi) is 5.17. The summed E-state index contributed by atoms with van der Waals surface area (Å²) in [6.07, 6.45) is 1.50. The van der Waals surface area contributed by atoms with Crippen molar-refractivity contribution in [1.82, 2.24) is 5.43 Å². The Morgan fingerprint density at radius 1 is 1.10 bits per heavy atom. The van der Waals surface area contributed by atoms with Gasteiger partial charge in [-0.3, -0.25) is 4.79 Å². The third-order valence-corrected chi connectivity index (χ3v) is 3.70. The second-order valence-corrected chi connectivity index (χ2v) is 5.61. The van der Waals surface area contributed by atoms with Crippen LogP contribution in [-0.4, -0.2) is 12.1 Å². The fourth-order valence-corrected chi connectivity index (χ4v) is 1.99.